The minimum Gasteiger partial charge on any atom is -0.308 e. The molecule has 0 radical (unpaired) electrons. The molecule has 0 saturated heterocycles. The van der Waals surface area contributed by atoms with E-state index in [0.29, 0.717) is 0 Å². The van der Waals surface area contributed by atoms with E-state index < -0.39 is 0 Å². The number of rotatable bonds is 6. The minimum absolute atomic E-state index is 0.960. The van der Waals surface area contributed by atoms with Crippen molar-refractivity contribution in [2.75, 3.05) is 0 Å². The van der Waals surface area contributed by atoms with Gasteiger partial charge in [0, 0.05) is 81.6 Å². The monoisotopic (exact) mass is 776 g/mol. The van der Waals surface area contributed by atoms with Gasteiger partial charge in [0.25, 0.3) is 0 Å². The Balaban J connectivity index is 0.00000112. The molecule has 11 rings (SSSR count). The molecule has 11 aromatic rings. The second-order valence-electron chi connectivity index (χ2n) is 14.1. The van der Waals surface area contributed by atoms with Gasteiger partial charge in [0.15, 0.2) is 0 Å². The molecule has 0 aliphatic carbocycles. The van der Waals surface area contributed by atoms with Crippen molar-refractivity contribution in [2.24, 2.45) is 0 Å². The smallest absolute Gasteiger partial charge is 0.0963 e. The fourth-order valence-electron chi connectivity index (χ4n) is 8.13. The molecule has 0 spiro atoms. The number of aromatic nitrogens is 6. The first-order valence-electron chi connectivity index (χ1n) is 20.7. The van der Waals surface area contributed by atoms with Gasteiger partial charge >= 0.3 is 0 Å². The molecule has 0 unspecified atom stereocenters. The van der Waals surface area contributed by atoms with Crippen LogP contribution in [0.25, 0.3) is 99.8 Å². The van der Waals surface area contributed by atoms with Crippen LogP contribution < -0.4 is 0 Å². The highest BCUT2D eigenvalue weighted by Crippen LogP contribution is 2.38. The van der Waals surface area contributed by atoms with Crippen molar-refractivity contribution in [1.82, 2.24) is 29.1 Å². The van der Waals surface area contributed by atoms with Gasteiger partial charge in [0.1, 0.15) is 0 Å². The van der Waals surface area contributed by atoms with E-state index in [2.05, 4.69) is 153 Å². The maximum absolute atomic E-state index is 4.91. The van der Waals surface area contributed by atoms with Crippen LogP contribution >= 0.6 is 0 Å². The molecule has 6 aromatic heterocycles. The number of fused-ring (bicyclic) bond motifs is 6. The third kappa shape index (κ3) is 6.78. The van der Waals surface area contributed by atoms with Crippen molar-refractivity contribution in [1.29, 1.82) is 0 Å². The molecule has 0 amide bonds. The predicted octanol–water partition coefficient (Wildman–Crippen LogP) is 14.2. The number of nitrogens with zero attached hydrogens (tertiary/aromatic N) is 6. The average Bonchev–Trinajstić information content (AvgIpc) is 3.86. The lowest BCUT2D eigenvalue weighted by molar-refractivity contribution is 1.13. The quantitative estimate of drug-likeness (QED) is 0.169. The Bertz CT molecular complexity index is 3040. The van der Waals surface area contributed by atoms with Crippen molar-refractivity contribution in [3.8, 4) is 55.9 Å². The topological polar surface area (TPSA) is 61.4 Å². The number of pyridine rings is 4. The van der Waals surface area contributed by atoms with Crippen molar-refractivity contribution < 1.29 is 0 Å². The molecule has 0 fully saturated rings. The van der Waals surface area contributed by atoms with Crippen LogP contribution in [-0.4, -0.2) is 29.1 Å². The van der Waals surface area contributed by atoms with E-state index in [1.54, 1.807) is 0 Å². The van der Waals surface area contributed by atoms with E-state index in [1.807, 2.05) is 89.1 Å². The van der Waals surface area contributed by atoms with E-state index >= 15 is 0 Å². The first-order valence-corrected chi connectivity index (χ1v) is 20.7. The van der Waals surface area contributed by atoms with Gasteiger partial charge in [-0.15, -0.1) is 0 Å². The van der Waals surface area contributed by atoms with E-state index in [0.717, 1.165) is 99.8 Å². The predicted molar refractivity (Wildman–Crippen MR) is 251 cm³/mol. The molecule has 60 heavy (non-hydrogen) atoms. The van der Waals surface area contributed by atoms with Crippen LogP contribution in [0.4, 0.5) is 0 Å². The lowest BCUT2D eigenvalue weighted by Crippen LogP contribution is -1.98. The van der Waals surface area contributed by atoms with E-state index in [9.17, 15) is 0 Å². The van der Waals surface area contributed by atoms with Crippen LogP contribution in [0.1, 0.15) is 27.7 Å². The van der Waals surface area contributed by atoms with E-state index in [4.69, 9.17) is 9.97 Å². The first-order chi connectivity index (χ1) is 29.8. The third-order valence-corrected chi connectivity index (χ3v) is 10.7. The Morgan fingerprint density at radius 3 is 1.17 bits per heavy atom. The molecule has 0 N–H and O–H groups in total. The lowest BCUT2D eigenvalue weighted by atomic mass is 10.0. The van der Waals surface area contributed by atoms with Gasteiger partial charge in [0.05, 0.1) is 33.1 Å². The van der Waals surface area contributed by atoms with Crippen LogP contribution in [0.2, 0.25) is 0 Å². The van der Waals surface area contributed by atoms with Crippen LogP contribution in [-0.2, 0) is 0 Å². The summed E-state index contributed by atoms with van der Waals surface area (Å²) in [5.41, 5.74) is 17.1. The Kier molecular flexibility index (Phi) is 10.5. The van der Waals surface area contributed by atoms with Gasteiger partial charge in [-0.3, -0.25) is 19.9 Å². The third-order valence-electron chi connectivity index (χ3n) is 10.7. The zero-order valence-electron chi connectivity index (χ0n) is 34.2. The summed E-state index contributed by atoms with van der Waals surface area (Å²) in [6, 6.07) is 55.6. The molecule has 0 aliphatic rings. The summed E-state index contributed by atoms with van der Waals surface area (Å²) >= 11 is 0. The maximum atomic E-state index is 4.91. The fourth-order valence-corrected chi connectivity index (χ4v) is 8.13. The van der Waals surface area contributed by atoms with Crippen molar-refractivity contribution in [3.63, 3.8) is 0 Å². The van der Waals surface area contributed by atoms with Crippen LogP contribution in [0.5, 0.6) is 0 Å². The van der Waals surface area contributed by atoms with Crippen molar-refractivity contribution in [2.45, 2.75) is 27.7 Å². The van der Waals surface area contributed by atoms with Gasteiger partial charge in [-0.1, -0.05) is 107 Å². The molecule has 5 aromatic carbocycles. The zero-order valence-corrected chi connectivity index (χ0v) is 34.2. The number of hydrogen-bond acceptors (Lipinski definition) is 4. The molecule has 0 aliphatic heterocycles. The van der Waals surface area contributed by atoms with Gasteiger partial charge in [-0.25, -0.2) is 0 Å². The van der Waals surface area contributed by atoms with Crippen molar-refractivity contribution >= 4 is 43.9 Å². The summed E-state index contributed by atoms with van der Waals surface area (Å²) in [5.74, 6) is 0. The van der Waals surface area contributed by atoms with Crippen molar-refractivity contribution in [3.05, 3.63) is 195 Å². The molecule has 0 atom stereocenters. The van der Waals surface area contributed by atoms with Gasteiger partial charge < -0.3 is 9.13 Å². The van der Waals surface area contributed by atoms with Crippen LogP contribution in [0.3, 0.4) is 0 Å². The first kappa shape index (κ1) is 37.9. The normalized spacial score (nSPS) is 11.0. The lowest BCUT2D eigenvalue weighted by Gasteiger charge is -2.13. The second kappa shape index (κ2) is 16.6. The Hall–Kier alpha value is -7.70. The molecule has 0 saturated carbocycles. The van der Waals surface area contributed by atoms with Crippen LogP contribution in [0, 0.1) is 0 Å². The molecule has 6 heteroatoms. The molecular formula is C54H44N6. The molecule has 0 bridgehead atoms. The minimum atomic E-state index is 0.960. The van der Waals surface area contributed by atoms with E-state index in [-0.39, 0.29) is 0 Å². The molecule has 290 valence electrons. The fraction of sp³-hybridized carbons (Fsp3) is 0.0741. The highest BCUT2D eigenvalue weighted by molar-refractivity contribution is 6.10. The van der Waals surface area contributed by atoms with Gasteiger partial charge in [-0.05, 0) is 101 Å². The Morgan fingerprint density at radius 1 is 0.317 bits per heavy atom. The number of benzene rings is 5. The summed E-state index contributed by atoms with van der Waals surface area (Å²) in [6.45, 7) is 8.00. The molecular weight excluding hydrogens is 733 g/mol. The average molecular weight is 777 g/mol. The maximum Gasteiger partial charge on any atom is 0.0963 e. The molecule has 6 nitrogen and oxygen atoms in total. The largest absolute Gasteiger partial charge is 0.308 e. The standard InChI is InChI=1S/C50H32N6.2C2H6/c1-3-10-33(11-4-1)37-24-39(31-51-29-37)35-18-20-45-43(26-35)49-47(16-8-22-53-49)55(45)41-14-7-15-42(28-41)56-46-21-19-36(27-44(46)50-48(56)17-9-23-54-50)40-25-38(30-52-32-40)34-12-5-2-6-13-34;2*1-2/h1-32H;2*1-2H3. The van der Waals surface area contributed by atoms with Gasteiger partial charge in [-0.2, -0.15) is 0 Å². The summed E-state index contributed by atoms with van der Waals surface area (Å²) in [7, 11) is 0. The van der Waals surface area contributed by atoms with Crippen LogP contribution in [0.15, 0.2) is 195 Å². The Morgan fingerprint density at radius 2 is 0.733 bits per heavy atom. The van der Waals surface area contributed by atoms with E-state index in [1.165, 1.54) is 0 Å². The highest BCUT2D eigenvalue weighted by atomic mass is 15.0. The highest BCUT2D eigenvalue weighted by Gasteiger charge is 2.18. The summed E-state index contributed by atoms with van der Waals surface area (Å²) in [5, 5.41) is 2.18. The Labute approximate surface area is 350 Å². The SMILES string of the molecule is CC.CC.c1ccc(-c2cncc(-c3ccc4c(c3)c3ncccc3n4-c3cccc(-n4c5ccc(-c6cncc(-c7ccccc7)c6)cc5c5ncccc54)c3)c2)cc1. The molecule has 6 heterocycles. The zero-order chi connectivity index (χ0) is 41.0. The second-order valence-corrected chi connectivity index (χ2v) is 14.1. The number of hydrogen-bond donors (Lipinski definition) is 0. The summed E-state index contributed by atoms with van der Waals surface area (Å²) < 4.78 is 4.64. The summed E-state index contributed by atoms with van der Waals surface area (Å²) in [4.78, 5) is 19.1. The summed E-state index contributed by atoms with van der Waals surface area (Å²) in [6.07, 6.45) is 11.5. The van der Waals surface area contributed by atoms with Gasteiger partial charge in [0.2, 0.25) is 0 Å².